The van der Waals surface area contributed by atoms with E-state index in [1.165, 1.54) is 11.1 Å². The zero-order valence-corrected chi connectivity index (χ0v) is 22.6. The number of likely N-dealkylation sites (N-methyl/N-ethyl adjacent to an activating group) is 1. The Labute approximate surface area is 217 Å². The van der Waals surface area contributed by atoms with Gasteiger partial charge < -0.3 is 14.5 Å². The van der Waals surface area contributed by atoms with Gasteiger partial charge >= 0.3 is 0 Å². The number of thiol groups is 1. The van der Waals surface area contributed by atoms with Crippen molar-refractivity contribution in [2.75, 3.05) is 7.05 Å². The third kappa shape index (κ3) is 5.16. The summed E-state index contributed by atoms with van der Waals surface area (Å²) in [6, 6.07) is 13.2. The van der Waals surface area contributed by atoms with Crippen molar-refractivity contribution in [3.05, 3.63) is 102 Å². The van der Waals surface area contributed by atoms with Crippen LogP contribution in [0, 0.1) is 11.8 Å². The fraction of sp³-hybridized carbons (Fsp3) is 0.433. The molecule has 3 atom stereocenters. The molecular weight excluding hydrogens is 448 g/mol. The summed E-state index contributed by atoms with van der Waals surface area (Å²) >= 11 is 4.66. The van der Waals surface area contributed by atoms with E-state index in [-0.39, 0.29) is 18.1 Å². The summed E-state index contributed by atoms with van der Waals surface area (Å²) in [5.41, 5.74) is 8.14. The molecule has 0 radical (unpaired) electrons. The van der Waals surface area contributed by atoms with Crippen molar-refractivity contribution < 1.29 is 0 Å². The third-order valence-electron chi connectivity index (χ3n) is 7.55. The Balaban J connectivity index is 1.75. The van der Waals surface area contributed by atoms with E-state index in [9.17, 15) is 0 Å². The quantitative estimate of drug-likeness (QED) is 0.439. The molecule has 35 heavy (non-hydrogen) atoms. The molecule has 1 aliphatic heterocycles. The smallest absolute Gasteiger partial charge is 0.0964 e. The van der Waals surface area contributed by atoms with Crippen molar-refractivity contribution in [3.63, 3.8) is 0 Å². The monoisotopic (exact) mass is 488 g/mol. The van der Waals surface area contributed by atoms with Crippen molar-refractivity contribution in [1.29, 1.82) is 0 Å². The molecule has 2 aliphatic rings. The lowest BCUT2D eigenvalue weighted by Gasteiger charge is -2.51. The van der Waals surface area contributed by atoms with Crippen molar-refractivity contribution in [3.8, 4) is 0 Å². The van der Waals surface area contributed by atoms with Crippen molar-refractivity contribution in [1.82, 2.24) is 19.5 Å². The van der Waals surface area contributed by atoms with Crippen LogP contribution in [0.15, 0.2) is 79.4 Å². The van der Waals surface area contributed by atoms with Crippen LogP contribution < -0.4 is 5.32 Å². The fourth-order valence-electron chi connectivity index (χ4n) is 5.67. The van der Waals surface area contributed by atoms with Crippen LogP contribution in [-0.4, -0.2) is 33.3 Å². The van der Waals surface area contributed by atoms with Gasteiger partial charge in [0.15, 0.2) is 0 Å². The predicted molar refractivity (Wildman–Crippen MR) is 150 cm³/mol. The highest BCUT2D eigenvalue weighted by Gasteiger charge is 2.43. The lowest BCUT2D eigenvalue weighted by Crippen LogP contribution is -2.57. The first-order chi connectivity index (χ1) is 16.7. The number of hydrogen-bond donors (Lipinski definition) is 2. The van der Waals surface area contributed by atoms with E-state index in [0.717, 1.165) is 54.0 Å². The van der Waals surface area contributed by atoms with Gasteiger partial charge in [0.25, 0.3) is 0 Å². The molecule has 0 bridgehead atoms. The van der Waals surface area contributed by atoms with E-state index in [1.54, 1.807) is 0 Å². The van der Waals surface area contributed by atoms with E-state index >= 15 is 0 Å². The third-order valence-corrected chi connectivity index (χ3v) is 7.81. The standard InChI is InChI=1S/C30H40N4S/c1-8-27-14-13-25(18-31-27)30(22(6)33(7)35)34-21(5)29(32-20(4)28(34)15-19(2)3)26-16-23-11-9-10-12-24(23)17-26/h9-14,18-19,26,28-30,32,35H,4-6,8,15-17H2,1-3,7H3/t28-,29+,30+/m1/s1. The fourth-order valence-corrected chi connectivity index (χ4v) is 5.78. The second-order valence-electron chi connectivity index (χ2n) is 10.5. The number of aromatic nitrogens is 1. The van der Waals surface area contributed by atoms with E-state index in [1.807, 2.05) is 17.5 Å². The molecule has 0 saturated carbocycles. The predicted octanol–water partition coefficient (Wildman–Crippen LogP) is 6.11. The summed E-state index contributed by atoms with van der Waals surface area (Å²) in [5.74, 6) is 0.937. The highest BCUT2D eigenvalue weighted by Crippen LogP contribution is 2.43. The topological polar surface area (TPSA) is 31.4 Å². The summed E-state index contributed by atoms with van der Waals surface area (Å²) in [5, 5.41) is 3.81. The minimum absolute atomic E-state index is 0.100. The number of nitrogens with one attached hydrogen (secondary N) is 1. The minimum Gasteiger partial charge on any atom is -0.379 e. The largest absolute Gasteiger partial charge is 0.379 e. The molecule has 1 saturated heterocycles. The first kappa shape index (κ1) is 25.4. The Morgan fingerprint density at radius 2 is 1.83 bits per heavy atom. The van der Waals surface area contributed by atoms with Crippen molar-refractivity contribution in [2.45, 2.75) is 64.6 Å². The Kier molecular flexibility index (Phi) is 7.65. The molecule has 1 aromatic heterocycles. The van der Waals surface area contributed by atoms with Crippen LogP contribution >= 0.6 is 12.8 Å². The molecule has 2 aromatic rings. The lowest BCUT2D eigenvalue weighted by atomic mass is 9.85. The molecule has 1 N–H and O–H groups in total. The van der Waals surface area contributed by atoms with Crippen LogP contribution in [0.4, 0.5) is 0 Å². The van der Waals surface area contributed by atoms with Crippen molar-refractivity contribution in [2.24, 2.45) is 11.8 Å². The highest BCUT2D eigenvalue weighted by atomic mass is 32.1. The van der Waals surface area contributed by atoms with Gasteiger partial charge in [0.1, 0.15) is 0 Å². The summed E-state index contributed by atoms with van der Waals surface area (Å²) in [7, 11) is 1.94. The van der Waals surface area contributed by atoms with Gasteiger partial charge in [-0.05, 0) is 60.3 Å². The van der Waals surface area contributed by atoms with Crippen LogP contribution in [0.2, 0.25) is 0 Å². The molecule has 0 spiro atoms. The summed E-state index contributed by atoms with van der Waals surface area (Å²) < 4.78 is 1.82. The summed E-state index contributed by atoms with van der Waals surface area (Å²) in [4.78, 5) is 7.19. The van der Waals surface area contributed by atoms with Gasteiger partial charge in [0.05, 0.1) is 18.1 Å². The SMILES string of the molecule is C=C1N[C@H](C2Cc3ccccc3C2)C(=C)N([C@@H](C(=C)N(C)S)c2ccc(CC)nc2)[C@@H]1CC(C)C. The number of rotatable bonds is 8. The average Bonchev–Trinajstić information content (AvgIpc) is 3.27. The second kappa shape index (κ2) is 10.5. The lowest BCUT2D eigenvalue weighted by molar-refractivity contribution is 0.138. The van der Waals surface area contributed by atoms with Gasteiger partial charge in [0.2, 0.25) is 0 Å². The maximum Gasteiger partial charge on any atom is 0.0964 e. The van der Waals surface area contributed by atoms with Crippen molar-refractivity contribution >= 4 is 12.8 Å². The van der Waals surface area contributed by atoms with Gasteiger partial charge in [0, 0.05) is 36.0 Å². The minimum atomic E-state index is -0.128. The van der Waals surface area contributed by atoms with Gasteiger partial charge in [-0.2, -0.15) is 0 Å². The first-order valence-corrected chi connectivity index (χ1v) is 13.2. The molecule has 1 aromatic carbocycles. The van der Waals surface area contributed by atoms with E-state index < -0.39 is 0 Å². The molecule has 1 fully saturated rings. The highest BCUT2D eigenvalue weighted by molar-refractivity contribution is 7.77. The molecule has 5 heteroatoms. The Bertz CT molecular complexity index is 1060. The number of pyridine rings is 1. The molecule has 0 unspecified atom stereocenters. The summed E-state index contributed by atoms with van der Waals surface area (Å²) in [6.07, 6.45) is 5.98. The van der Waals surface area contributed by atoms with Gasteiger partial charge in [-0.15, -0.1) is 0 Å². The van der Waals surface area contributed by atoms with Crippen LogP contribution in [0.1, 0.15) is 55.6 Å². The zero-order chi connectivity index (χ0) is 25.3. The van der Waals surface area contributed by atoms with Gasteiger partial charge in [-0.25, -0.2) is 0 Å². The van der Waals surface area contributed by atoms with Crippen LogP contribution in [0.5, 0.6) is 0 Å². The molecular formula is C30H40N4S. The first-order valence-electron chi connectivity index (χ1n) is 12.8. The number of nitrogens with zero attached hydrogens (tertiary/aromatic N) is 3. The maximum atomic E-state index is 4.73. The van der Waals surface area contributed by atoms with Crippen LogP contribution in [-0.2, 0) is 19.3 Å². The van der Waals surface area contributed by atoms with E-state index in [0.29, 0.717) is 11.8 Å². The van der Waals surface area contributed by atoms with Gasteiger partial charge in [-0.1, -0.05) is 83.7 Å². The average molecular weight is 489 g/mol. The van der Waals surface area contributed by atoms with Crippen LogP contribution in [0.25, 0.3) is 0 Å². The second-order valence-corrected chi connectivity index (χ2v) is 11.1. The number of piperazine rings is 1. The normalized spacial score (nSPS) is 21.1. The molecule has 4 rings (SSSR count). The van der Waals surface area contributed by atoms with Gasteiger partial charge in [-0.3, -0.25) is 4.98 Å². The number of aryl methyl sites for hydroxylation is 1. The Morgan fingerprint density at radius 3 is 2.34 bits per heavy atom. The molecule has 0 amide bonds. The summed E-state index contributed by atoms with van der Waals surface area (Å²) in [6.45, 7) is 20.4. The Hall–Kier alpha value is -2.66. The van der Waals surface area contributed by atoms with E-state index in [2.05, 4.69) is 93.4 Å². The number of benzene rings is 1. The molecule has 2 heterocycles. The Morgan fingerprint density at radius 1 is 1.17 bits per heavy atom. The van der Waals surface area contributed by atoms with E-state index in [4.69, 9.17) is 11.6 Å². The molecule has 186 valence electrons. The van der Waals surface area contributed by atoms with Crippen LogP contribution in [0.3, 0.4) is 0 Å². The molecule has 4 nitrogen and oxygen atoms in total. The number of hydrogen-bond acceptors (Lipinski definition) is 5. The zero-order valence-electron chi connectivity index (χ0n) is 21.7. The number of fused-ring (bicyclic) bond motifs is 1. The maximum absolute atomic E-state index is 4.73. The molecule has 1 aliphatic carbocycles.